The molecule has 0 aromatic heterocycles. The number of carbonyl (C=O) groups excluding carboxylic acids is 2. The lowest BCUT2D eigenvalue weighted by Gasteiger charge is -2.27. The molecule has 0 spiro atoms. The molecular formula is C20H29N3O2. The van der Waals surface area contributed by atoms with E-state index in [2.05, 4.69) is 22.9 Å². The van der Waals surface area contributed by atoms with E-state index in [1.165, 1.54) is 19.3 Å². The lowest BCUT2D eigenvalue weighted by atomic mass is 9.92. The second-order valence-electron chi connectivity index (χ2n) is 7.45. The maximum atomic E-state index is 12.4. The normalized spacial score (nSPS) is 24.5. The van der Waals surface area contributed by atoms with Gasteiger partial charge >= 0.3 is 0 Å². The number of rotatable bonds is 4. The van der Waals surface area contributed by atoms with Gasteiger partial charge in [0.15, 0.2) is 0 Å². The molecule has 1 heterocycles. The molecule has 25 heavy (non-hydrogen) atoms. The van der Waals surface area contributed by atoms with Gasteiger partial charge in [-0.25, -0.2) is 0 Å². The minimum Gasteiger partial charge on any atom is -0.349 e. The molecule has 1 aliphatic heterocycles. The maximum Gasteiger partial charge on any atom is 0.251 e. The van der Waals surface area contributed by atoms with E-state index in [4.69, 9.17) is 0 Å². The molecule has 2 aliphatic rings. The number of hydrogen-bond acceptors (Lipinski definition) is 3. The quantitative estimate of drug-likeness (QED) is 0.787. The SMILES string of the molecule is C[C@H]1C[C@@H](C(=O)Nc2ccc(C(=O)NC3CCCCC3)cc2)CCN1. The first kappa shape index (κ1) is 17.9. The highest BCUT2D eigenvalue weighted by Crippen LogP contribution is 2.20. The molecule has 0 radical (unpaired) electrons. The van der Waals surface area contributed by atoms with E-state index in [1.807, 2.05) is 12.1 Å². The molecule has 5 heteroatoms. The van der Waals surface area contributed by atoms with Crippen molar-refractivity contribution in [1.29, 1.82) is 0 Å². The van der Waals surface area contributed by atoms with E-state index in [-0.39, 0.29) is 17.7 Å². The van der Waals surface area contributed by atoms with Crippen molar-refractivity contribution in [3.8, 4) is 0 Å². The van der Waals surface area contributed by atoms with E-state index in [0.29, 0.717) is 17.6 Å². The summed E-state index contributed by atoms with van der Waals surface area (Å²) < 4.78 is 0. The van der Waals surface area contributed by atoms with Gasteiger partial charge in [0.05, 0.1) is 0 Å². The van der Waals surface area contributed by atoms with Gasteiger partial charge < -0.3 is 16.0 Å². The van der Waals surface area contributed by atoms with Crippen LogP contribution < -0.4 is 16.0 Å². The van der Waals surface area contributed by atoms with Crippen molar-refractivity contribution in [1.82, 2.24) is 10.6 Å². The van der Waals surface area contributed by atoms with Gasteiger partial charge in [-0.2, -0.15) is 0 Å². The van der Waals surface area contributed by atoms with Gasteiger partial charge in [-0.15, -0.1) is 0 Å². The average molecular weight is 343 g/mol. The number of nitrogens with one attached hydrogen (secondary N) is 3. The predicted molar refractivity (Wildman–Crippen MR) is 99.6 cm³/mol. The van der Waals surface area contributed by atoms with E-state index in [0.717, 1.165) is 37.9 Å². The van der Waals surface area contributed by atoms with Crippen molar-refractivity contribution in [2.45, 2.75) is 64.0 Å². The molecule has 136 valence electrons. The summed E-state index contributed by atoms with van der Waals surface area (Å²) >= 11 is 0. The molecule has 0 bridgehead atoms. The third-order valence-corrected chi connectivity index (χ3v) is 5.35. The van der Waals surface area contributed by atoms with Crippen molar-refractivity contribution in [2.75, 3.05) is 11.9 Å². The maximum absolute atomic E-state index is 12.4. The minimum atomic E-state index is -0.0167. The molecule has 1 saturated carbocycles. The lowest BCUT2D eigenvalue weighted by Crippen LogP contribution is -2.40. The summed E-state index contributed by atoms with van der Waals surface area (Å²) in [6.45, 7) is 3.00. The number of carbonyl (C=O) groups is 2. The molecule has 0 unspecified atom stereocenters. The zero-order valence-electron chi connectivity index (χ0n) is 15.0. The molecule has 3 rings (SSSR count). The fourth-order valence-corrected chi connectivity index (χ4v) is 3.83. The van der Waals surface area contributed by atoms with Gasteiger partial charge in [0.25, 0.3) is 5.91 Å². The zero-order chi connectivity index (χ0) is 17.6. The first-order valence-electron chi connectivity index (χ1n) is 9.57. The van der Waals surface area contributed by atoms with Crippen LogP contribution in [0, 0.1) is 5.92 Å². The third kappa shape index (κ3) is 5.05. The average Bonchev–Trinajstić information content (AvgIpc) is 2.63. The Morgan fingerprint density at radius 1 is 1.04 bits per heavy atom. The van der Waals surface area contributed by atoms with Crippen LogP contribution in [-0.2, 0) is 4.79 Å². The zero-order valence-corrected chi connectivity index (χ0v) is 15.0. The number of amides is 2. The van der Waals surface area contributed by atoms with Crippen LogP contribution in [0.4, 0.5) is 5.69 Å². The smallest absolute Gasteiger partial charge is 0.251 e. The van der Waals surface area contributed by atoms with Gasteiger partial charge in [0.2, 0.25) is 5.91 Å². The summed E-state index contributed by atoms with van der Waals surface area (Å²) in [6, 6.07) is 7.91. The molecular weight excluding hydrogens is 314 g/mol. The van der Waals surface area contributed by atoms with Crippen LogP contribution in [0.3, 0.4) is 0 Å². The van der Waals surface area contributed by atoms with E-state index in [9.17, 15) is 9.59 Å². The Bertz CT molecular complexity index is 593. The summed E-state index contributed by atoms with van der Waals surface area (Å²) in [5, 5.41) is 9.46. The second kappa shape index (κ2) is 8.48. The van der Waals surface area contributed by atoms with Crippen LogP contribution in [0.5, 0.6) is 0 Å². The second-order valence-corrected chi connectivity index (χ2v) is 7.45. The topological polar surface area (TPSA) is 70.2 Å². The fraction of sp³-hybridized carbons (Fsp3) is 0.600. The molecule has 1 saturated heterocycles. The van der Waals surface area contributed by atoms with Gasteiger partial charge in [-0.05, 0) is 63.4 Å². The highest BCUT2D eigenvalue weighted by Gasteiger charge is 2.24. The van der Waals surface area contributed by atoms with Gasteiger partial charge in [0, 0.05) is 29.3 Å². The van der Waals surface area contributed by atoms with Crippen LogP contribution >= 0.6 is 0 Å². The van der Waals surface area contributed by atoms with Crippen LogP contribution in [0.1, 0.15) is 62.2 Å². The van der Waals surface area contributed by atoms with Crippen LogP contribution in [-0.4, -0.2) is 30.4 Å². The molecule has 5 nitrogen and oxygen atoms in total. The summed E-state index contributed by atoms with van der Waals surface area (Å²) in [4.78, 5) is 24.7. The number of hydrogen-bond donors (Lipinski definition) is 3. The van der Waals surface area contributed by atoms with Crippen molar-refractivity contribution in [3.05, 3.63) is 29.8 Å². The van der Waals surface area contributed by atoms with E-state index in [1.54, 1.807) is 12.1 Å². The first-order valence-corrected chi connectivity index (χ1v) is 9.57. The lowest BCUT2D eigenvalue weighted by molar-refractivity contribution is -0.120. The van der Waals surface area contributed by atoms with Crippen molar-refractivity contribution in [2.24, 2.45) is 5.92 Å². The molecule has 1 aromatic rings. The largest absolute Gasteiger partial charge is 0.349 e. The van der Waals surface area contributed by atoms with E-state index >= 15 is 0 Å². The molecule has 3 N–H and O–H groups in total. The molecule has 2 fully saturated rings. The Morgan fingerprint density at radius 3 is 2.44 bits per heavy atom. The summed E-state index contributed by atoms with van der Waals surface area (Å²) in [5.74, 6) is 0.121. The third-order valence-electron chi connectivity index (χ3n) is 5.35. The molecule has 1 aliphatic carbocycles. The minimum absolute atomic E-state index is 0.0167. The monoisotopic (exact) mass is 343 g/mol. The van der Waals surface area contributed by atoms with Gasteiger partial charge in [-0.1, -0.05) is 19.3 Å². The summed E-state index contributed by atoms with van der Waals surface area (Å²) in [7, 11) is 0. The van der Waals surface area contributed by atoms with E-state index < -0.39 is 0 Å². The van der Waals surface area contributed by atoms with Crippen LogP contribution in [0.15, 0.2) is 24.3 Å². The molecule has 2 atom stereocenters. The number of anilines is 1. The van der Waals surface area contributed by atoms with Gasteiger partial charge in [-0.3, -0.25) is 9.59 Å². The Labute approximate surface area is 150 Å². The molecule has 1 aromatic carbocycles. The van der Waals surface area contributed by atoms with Crippen molar-refractivity contribution in [3.63, 3.8) is 0 Å². The number of benzene rings is 1. The Morgan fingerprint density at radius 2 is 1.76 bits per heavy atom. The standard InChI is InChI=1S/C20H29N3O2/c1-14-13-16(11-12-21-14)20(25)23-18-9-7-15(8-10-18)19(24)22-17-5-3-2-4-6-17/h7-10,14,16-17,21H,2-6,11-13H2,1H3,(H,22,24)(H,23,25)/t14-,16-/m0/s1. The van der Waals surface area contributed by atoms with Crippen molar-refractivity contribution >= 4 is 17.5 Å². The Hall–Kier alpha value is -1.88. The van der Waals surface area contributed by atoms with Crippen LogP contribution in [0.2, 0.25) is 0 Å². The van der Waals surface area contributed by atoms with Gasteiger partial charge in [0.1, 0.15) is 0 Å². The van der Waals surface area contributed by atoms with Crippen LogP contribution in [0.25, 0.3) is 0 Å². The highest BCUT2D eigenvalue weighted by atomic mass is 16.2. The summed E-state index contributed by atoms with van der Waals surface area (Å²) in [6.07, 6.45) is 7.57. The molecule has 2 amide bonds. The fourth-order valence-electron chi connectivity index (χ4n) is 3.83. The first-order chi connectivity index (χ1) is 12.1. The number of piperidine rings is 1. The predicted octanol–water partition coefficient (Wildman–Crippen LogP) is 3.08. The Kier molecular flexibility index (Phi) is 6.08. The Balaban J connectivity index is 1.52. The van der Waals surface area contributed by atoms with Crippen molar-refractivity contribution < 1.29 is 9.59 Å². The summed E-state index contributed by atoms with van der Waals surface area (Å²) in [5.41, 5.74) is 1.41. The highest BCUT2D eigenvalue weighted by molar-refractivity contribution is 5.96.